The monoisotopic (exact) mass is 267 g/mol. The van der Waals surface area contributed by atoms with Gasteiger partial charge < -0.3 is 15.4 Å². The van der Waals surface area contributed by atoms with E-state index in [9.17, 15) is 0 Å². The Labute approximate surface area is 114 Å². The molecule has 6 nitrogen and oxygen atoms in total. The normalized spacial score (nSPS) is 20.8. The van der Waals surface area contributed by atoms with Gasteiger partial charge in [0.05, 0.1) is 5.60 Å². The van der Waals surface area contributed by atoms with Crippen LogP contribution in [-0.4, -0.2) is 40.4 Å². The average Bonchev–Trinajstić information content (AvgIpc) is 2.84. The molecule has 1 aromatic heterocycles. The van der Waals surface area contributed by atoms with E-state index in [1.807, 2.05) is 20.8 Å². The first-order valence-corrected chi connectivity index (χ1v) is 6.98. The summed E-state index contributed by atoms with van der Waals surface area (Å²) in [5, 5.41) is 7.23. The lowest BCUT2D eigenvalue weighted by atomic mass is 9.99. The largest absolute Gasteiger partial charge is 0.368 e. The number of ether oxygens (including phenoxy) is 1. The van der Waals surface area contributed by atoms with Crippen LogP contribution in [0.3, 0.4) is 0 Å². The highest BCUT2D eigenvalue weighted by molar-refractivity contribution is 5.29. The summed E-state index contributed by atoms with van der Waals surface area (Å²) < 4.78 is 5.69. The molecule has 1 aliphatic rings. The summed E-state index contributed by atoms with van der Waals surface area (Å²) >= 11 is 0. The van der Waals surface area contributed by atoms with Crippen molar-refractivity contribution < 1.29 is 4.74 Å². The van der Waals surface area contributed by atoms with Crippen LogP contribution in [0.2, 0.25) is 0 Å². The van der Waals surface area contributed by atoms with Crippen molar-refractivity contribution >= 4 is 5.95 Å². The number of nitrogens with zero attached hydrogens (tertiary/aromatic N) is 3. The number of hydrogen-bond donors (Lipinski definition) is 2. The molecule has 3 N–H and O–H groups in total. The number of piperidine rings is 1. The van der Waals surface area contributed by atoms with E-state index >= 15 is 0 Å². The van der Waals surface area contributed by atoms with Gasteiger partial charge in [-0.1, -0.05) is 0 Å². The summed E-state index contributed by atoms with van der Waals surface area (Å²) in [7, 11) is 0. The first-order chi connectivity index (χ1) is 8.98. The molecule has 0 aliphatic carbocycles. The summed E-state index contributed by atoms with van der Waals surface area (Å²) in [6.45, 7) is 9.25. The Balaban J connectivity index is 1.93. The molecule has 0 saturated carbocycles. The number of aromatic amines is 1. The van der Waals surface area contributed by atoms with Crippen LogP contribution in [-0.2, 0) is 11.3 Å². The Kier molecular flexibility index (Phi) is 4.42. The van der Waals surface area contributed by atoms with Crippen LogP contribution in [0.25, 0.3) is 0 Å². The minimum Gasteiger partial charge on any atom is -0.368 e. The van der Waals surface area contributed by atoms with Crippen LogP contribution in [0.1, 0.15) is 39.4 Å². The lowest BCUT2D eigenvalue weighted by molar-refractivity contribution is -0.0179. The van der Waals surface area contributed by atoms with Crippen LogP contribution in [0.4, 0.5) is 5.95 Å². The number of nitrogens with one attached hydrogen (secondary N) is 1. The molecule has 0 bridgehead atoms. The van der Waals surface area contributed by atoms with Crippen molar-refractivity contribution in [2.24, 2.45) is 11.7 Å². The van der Waals surface area contributed by atoms with Crippen molar-refractivity contribution in [3.05, 3.63) is 5.82 Å². The molecule has 1 unspecified atom stereocenters. The zero-order chi connectivity index (χ0) is 13.9. The van der Waals surface area contributed by atoms with E-state index in [4.69, 9.17) is 10.5 Å². The van der Waals surface area contributed by atoms with Gasteiger partial charge in [0.1, 0.15) is 6.61 Å². The second kappa shape index (κ2) is 5.88. The van der Waals surface area contributed by atoms with Gasteiger partial charge in [0.15, 0.2) is 5.82 Å². The van der Waals surface area contributed by atoms with E-state index < -0.39 is 0 Å². The molecule has 0 amide bonds. The molecule has 1 aromatic rings. The Morgan fingerprint density at radius 3 is 2.95 bits per heavy atom. The zero-order valence-corrected chi connectivity index (χ0v) is 12.1. The fourth-order valence-electron chi connectivity index (χ4n) is 2.22. The maximum Gasteiger partial charge on any atom is 0.244 e. The summed E-state index contributed by atoms with van der Waals surface area (Å²) in [5.74, 6) is 2.10. The van der Waals surface area contributed by atoms with Crippen LogP contribution < -0.4 is 10.6 Å². The van der Waals surface area contributed by atoms with Crippen molar-refractivity contribution in [3.63, 3.8) is 0 Å². The van der Waals surface area contributed by atoms with Gasteiger partial charge in [-0.15, -0.1) is 5.10 Å². The molecule has 2 rings (SSSR count). The first kappa shape index (κ1) is 14.3. The molecular weight excluding hydrogens is 242 g/mol. The smallest absolute Gasteiger partial charge is 0.244 e. The van der Waals surface area contributed by atoms with Gasteiger partial charge in [-0.25, -0.2) is 0 Å². The van der Waals surface area contributed by atoms with Gasteiger partial charge in [-0.3, -0.25) is 5.10 Å². The fraction of sp³-hybridized carbons (Fsp3) is 0.846. The molecule has 1 saturated heterocycles. The summed E-state index contributed by atoms with van der Waals surface area (Å²) in [4.78, 5) is 6.71. The molecule has 0 radical (unpaired) electrons. The third kappa shape index (κ3) is 4.18. The van der Waals surface area contributed by atoms with E-state index in [-0.39, 0.29) is 5.60 Å². The zero-order valence-electron chi connectivity index (χ0n) is 12.1. The molecular formula is C13H25N5O. The Bertz CT molecular complexity index is 398. The van der Waals surface area contributed by atoms with Crippen molar-refractivity contribution in [2.75, 3.05) is 24.5 Å². The van der Waals surface area contributed by atoms with E-state index in [0.29, 0.717) is 12.5 Å². The molecule has 0 aromatic carbocycles. The lowest BCUT2D eigenvalue weighted by Gasteiger charge is -2.31. The number of anilines is 1. The molecule has 19 heavy (non-hydrogen) atoms. The molecule has 0 spiro atoms. The van der Waals surface area contributed by atoms with Crippen molar-refractivity contribution in [2.45, 2.75) is 45.8 Å². The Hall–Kier alpha value is -1.14. The van der Waals surface area contributed by atoms with Gasteiger partial charge in [-0.2, -0.15) is 4.98 Å². The van der Waals surface area contributed by atoms with Crippen LogP contribution in [0.5, 0.6) is 0 Å². The summed E-state index contributed by atoms with van der Waals surface area (Å²) in [5.41, 5.74) is 5.59. The summed E-state index contributed by atoms with van der Waals surface area (Å²) in [6.07, 6.45) is 2.36. The number of H-pyrrole nitrogens is 1. The lowest BCUT2D eigenvalue weighted by Crippen LogP contribution is -2.39. The van der Waals surface area contributed by atoms with E-state index in [2.05, 4.69) is 20.1 Å². The molecule has 1 atom stereocenters. The van der Waals surface area contributed by atoms with Gasteiger partial charge >= 0.3 is 0 Å². The average molecular weight is 267 g/mol. The molecule has 6 heteroatoms. The van der Waals surface area contributed by atoms with Gasteiger partial charge in [-0.05, 0) is 46.1 Å². The van der Waals surface area contributed by atoms with Crippen molar-refractivity contribution in [3.8, 4) is 0 Å². The molecule has 108 valence electrons. The maximum atomic E-state index is 5.75. The van der Waals surface area contributed by atoms with Crippen LogP contribution >= 0.6 is 0 Å². The fourth-order valence-corrected chi connectivity index (χ4v) is 2.22. The first-order valence-electron chi connectivity index (χ1n) is 6.98. The van der Waals surface area contributed by atoms with E-state index in [1.165, 1.54) is 6.42 Å². The second-order valence-electron chi connectivity index (χ2n) is 6.17. The van der Waals surface area contributed by atoms with Crippen LogP contribution in [0.15, 0.2) is 0 Å². The van der Waals surface area contributed by atoms with Gasteiger partial charge in [0.2, 0.25) is 5.95 Å². The van der Waals surface area contributed by atoms with E-state index in [1.54, 1.807) is 0 Å². The van der Waals surface area contributed by atoms with E-state index in [0.717, 1.165) is 37.8 Å². The van der Waals surface area contributed by atoms with Gasteiger partial charge in [0.25, 0.3) is 0 Å². The van der Waals surface area contributed by atoms with Crippen molar-refractivity contribution in [1.29, 1.82) is 0 Å². The maximum absolute atomic E-state index is 5.75. The standard InChI is InChI=1S/C13H25N5O/c1-13(2,3)19-9-11-15-12(17-16-11)18-6-4-5-10(7-14)8-18/h10H,4-9,14H2,1-3H3,(H,15,16,17). The SMILES string of the molecule is CC(C)(C)OCc1nc(N2CCCC(CN)C2)n[nH]1. The van der Waals surface area contributed by atoms with Crippen LogP contribution in [0, 0.1) is 5.92 Å². The molecule has 2 heterocycles. The number of nitrogens with two attached hydrogens (primary N) is 1. The number of aromatic nitrogens is 3. The third-order valence-electron chi connectivity index (χ3n) is 3.30. The van der Waals surface area contributed by atoms with Gasteiger partial charge in [0, 0.05) is 13.1 Å². The summed E-state index contributed by atoms with van der Waals surface area (Å²) in [6, 6.07) is 0. The quantitative estimate of drug-likeness (QED) is 0.859. The molecule has 1 aliphatic heterocycles. The minimum atomic E-state index is -0.164. The number of rotatable bonds is 4. The molecule has 1 fully saturated rings. The third-order valence-corrected chi connectivity index (χ3v) is 3.30. The Morgan fingerprint density at radius 1 is 1.47 bits per heavy atom. The Morgan fingerprint density at radius 2 is 2.26 bits per heavy atom. The second-order valence-corrected chi connectivity index (χ2v) is 6.17. The highest BCUT2D eigenvalue weighted by Crippen LogP contribution is 2.20. The highest BCUT2D eigenvalue weighted by atomic mass is 16.5. The van der Waals surface area contributed by atoms with Crippen molar-refractivity contribution in [1.82, 2.24) is 15.2 Å². The predicted molar refractivity (Wildman–Crippen MR) is 74.9 cm³/mol. The predicted octanol–water partition coefficient (Wildman–Crippen LogP) is 1.29. The highest BCUT2D eigenvalue weighted by Gasteiger charge is 2.22. The minimum absolute atomic E-state index is 0.164. The number of hydrogen-bond acceptors (Lipinski definition) is 5. The topological polar surface area (TPSA) is 80.1 Å².